The van der Waals surface area contributed by atoms with Crippen LogP contribution in [0, 0.1) is 0 Å². The third-order valence-corrected chi connectivity index (χ3v) is 3.79. The van der Waals surface area contributed by atoms with Crippen LogP contribution in [0.5, 0.6) is 0 Å². The highest BCUT2D eigenvalue weighted by Gasteiger charge is 2.41. The van der Waals surface area contributed by atoms with Crippen molar-refractivity contribution in [3.63, 3.8) is 0 Å². The lowest BCUT2D eigenvalue weighted by Crippen LogP contribution is -2.35. The zero-order valence-electron chi connectivity index (χ0n) is 9.90. The van der Waals surface area contributed by atoms with Crippen LogP contribution in [0.2, 0.25) is 0 Å². The summed E-state index contributed by atoms with van der Waals surface area (Å²) in [5.74, 6) is -1.62. The predicted octanol–water partition coefficient (Wildman–Crippen LogP) is 1.86. The van der Waals surface area contributed by atoms with E-state index in [1.165, 1.54) is 0 Å². The molecular weight excluding hydrogens is 285 g/mol. The van der Waals surface area contributed by atoms with Gasteiger partial charge >= 0.3 is 12.1 Å². The Kier molecular flexibility index (Phi) is 3.79. The fraction of sp³-hybridized carbons (Fsp3) is 0.600. The number of rotatable bonds is 2. The first-order chi connectivity index (χ1) is 8.79. The molecule has 1 aromatic rings. The molecule has 1 fully saturated rings. The molecule has 1 aromatic heterocycles. The summed E-state index contributed by atoms with van der Waals surface area (Å²) < 4.78 is 43.4. The smallest absolute Gasteiger partial charge is 0.435 e. The Hall–Kier alpha value is -1.19. The SMILES string of the molecule is CN1CCOC(c2nc(C(F)(F)F)c(C(=O)O)s2)C1. The molecule has 1 N–H and O–H groups in total. The Morgan fingerprint density at radius 2 is 2.26 bits per heavy atom. The quantitative estimate of drug-likeness (QED) is 0.902. The molecule has 5 nitrogen and oxygen atoms in total. The van der Waals surface area contributed by atoms with Crippen molar-refractivity contribution in [3.05, 3.63) is 15.6 Å². The zero-order valence-corrected chi connectivity index (χ0v) is 10.7. The van der Waals surface area contributed by atoms with E-state index < -0.39 is 28.8 Å². The summed E-state index contributed by atoms with van der Waals surface area (Å²) >= 11 is 0.521. The van der Waals surface area contributed by atoms with Crippen molar-refractivity contribution < 1.29 is 27.8 Å². The maximum atomic E-state index is 12.7. The summed E-state index contributed by atoms with van der Waals surface area (Å²) in [6.07, 6.45) is -5.39. The van der Waals surface area contributed by atoms with E-state index >= 15 is 0 Å². The minimum atomic E-state index is -4.77. The van der Waals surface area contributed by atoms with Gasteiger partial charge in [0.25, 0.3) is 0 Å². The van der Waals surface area contributed by atoms with Crippen LogP contribution in [0.1, 0.15) is 26.5 Å². The third kappa shape index (κ3) is 3.04. The summed E-state index contributed by atoms with van der Waals surface area (Å²) in [7, 11) is 1.81. The van der Waals surface area contributed by atoms with E-state index in [0.29, 0.717) is 31.0 Å². The normalized spacial score (nSPS) is 21.6. The number of ether oxygens (including phenoxy) is 1. The van der Waals surface area contributed by atoms with E-state index in [-0.39, 0.29) is 5.01 Å². The first-order valence-corrected chi connectivity index (χ1v) is 6.22. The highest BCUT2D eigenvalue weighted by molar-refractivity contribution is 7.13. The van der Waals surface area contributed by atoms with Gasteiger partial charge in [-0.15, -0.1) is 11.3 Å². The second kappa shape index (κ2) is 5.06. The van der Waals surface area contributed by atoms with Gasteiger partial charge in [0.05, 0.1) is 6.61 Å². The van der Waals surface area contributed by atoms with Crippen molar-refractivity contribution in [2.45, 2.75) is 12.3 Å². The Labute approximate surface area is 110 Å². The van der Waals surface area contributed by atoms with Gasteiger partial charge in [0, 0.05) is 13.1 Å². The molecule has 0 saturated carbocycles. The number of halogens is 3. The van der Waals surface area contributed by atoms with Gasteiger partial charge in [0.1, 0.15) is 16.0 Å². The molecule has 1 saturated heterocycles. The highest BCUT2D eigenvalue weighted by Crippen LogP contribution is 2.37. The zero-order chi connectivity index (χ0) is 14.2. The maximum absolute atomic E-state index is 12.7. The number of hydrogen-bond acceptors (Lipinski definition) is 5. The molecule has 0 bridgehead atoms. The molecule has 9 heteroatoms. The molecule has 0 aliphatic carbocycles. The molecule has 0 amide bonds. The van der Waals surface area contributed by atoms with E-state index in [9.17, 15) is 18.0 Å². The minimum Gasteiger partial charge on any atom is -0.477 e. The Morgan fingerprint density at radius 1 is 1.58 bits per heavy atom. The standard InChI is InChI=1S/C10H11F3N2O3S/c1-15-2-3-18-5(4-15)8-14-7(10(11,12)13)6(19-8)9(16)17/h5H,2-4H2,1H3,(H,16,17). The van der Waals surface area contributed by atoms with Crippen LogP contribution < -0.4 is 0 Å². The molecule has 0 aromatic carbocycles. The van der Waals surface area contributed by atoms with E-state index in [0.717, 1.165) is 0 Å². The number of alkyl halides is 3. The third-order valence-electron chi connectivity index (χ3n) is 2.65. The summed E-state index contributed by atoms with van der Waals surface area (Å²) in [5.41, 5.74) is -1.35. The summed E-state index contributed by atoms with van der Waals surface area (Å²) in [6, 6.07) is 0. The average Bonchev–Trinajstić information content (AvgIpc) is 2.73. The molecule has 1 aliphatic heterocycles. The number of likely N-dealkylation sites (N-methyl/N-ethyl adjacent to an activating group) is 1. The molecule has 1 atom stereocenters. The molecule has 106 valence electrons. The van der Waals surface area contributed by atoms with Gasteiger partial charge in [-0.2, -0.15) is 13.2 Å². The van der Waals surface area contributed by atoms with Crippen LogP contribution in [0.15, 0.2) is 0 Å². The van der Waals surface area contributed by atoms with Crippen molar-refractivity contribution in [1.82, 2.24) is 9.88 Å². The molecular formula is C10H11F3N2O3S. The number of nitrogens with zero attached hydrogens (tertiary/aromatic N) is 2. The predicted molar refractivity (Wildman–Crippen MR) is 60.3 cm³/mol. The summed E-state index contributed by atoms with van der Waals surface area (Å²) in [4.78, 5) is 15.4. The van der Waals surface area contributed by atoms with Crippen LogP contribution in [0.3, 0.4) is 0 Å². The van der Waals surface area contributed by atoms with Crippen molar-refractivity contribution in [3.8, 4) is 0 Å². The molecule has 0 spiro atoms. The Bertz CT molecular complexity index is 489. The molecule has 0 radical (unpaired) electrons. The lowest BCUT2D eigenvalue weighted by Gasteiger charge is -2.28. The average molecular weight is 296 g/mol. The van der Waals surface area contributed by atoms with Gasteiger partial charge in [-0.05, 0) is 7.05 Å². The Balaban J connectivity index is 2.35. The van der Waals surface area contributed by atoms with Gasteiger partial charge in [-0.1, -0.05) is 0 Å². The molecule has 2 heterocycles. The summed E-state index contributed by atoms with van der Waals surface area (Å²) in [6.45, 7) is 1.45. The van der Waals surface area contributed by atoms with Gasteiger partial charge < -0.3 is 14.7 Å². The van der Waals surface area contributed by atoms with E-state index in [4.69, 9.17) is 9.84 Å². The maximum Gasteiger partial charge on any atom is 0.435 e. The van der Waals surface area contributed by atoms with Gasteiger partial charge in [0.2, 0.25) is 0 Å². The van der Waals surface area contributed by atoms with E-state index in [2.05, 4.69) is 4.98 Å². The summed E-state index contributed by atoms with van der Waals surface area (Å²) in [5, 5.41) is 8.86. The Morgan fingerprint density at radius 3 is 2.74 bits per heavy atom. The number of hydrogen-bond donors (Lipinski definition) is 1. The van der Waals surface area contributed by atoms with Crippen LogP contribution in [-0.2, 0) is 10.9 Å². The number of morpholine rings is 1. The van der Waals surface area contributed by atoms with Gasteiger partial charge in [0.15, 0.2) is 5.69 Å². The lowest BCUT2D eigenvalue weighted by molar-refractivity contribution is -0.141. The number of carbonyl (C=O) groups is 1. The first-order valence-electron chi connectivity index (χ1n) is 5.40. The number of carboxylic acid groups (broad SMARTS) is 1. The second-order valence-electron chi connectivity index (χ2n) is 4.15. The monoisotopic (exact) mass is 296 g/mol. The van der Waals surface area contributed by atoms with Crippen molar-refractivity contribution in [2.75, 3.05) is 26.7 Å². The lowest BCUT2D eigenvalue weighted by atomic mass is 10.3. The van der Waals surface area contributed by atoms with Gasteiger partial charge in [-0.25, -0.2) is 9.78 Å². The van der Waals surface area contributed by atoms with Crippen molar-refractivity contribution in [2.24, 2.45) is 0 Å². The molecule has 2 rings (SSSR count). The molecule has 1 unspecified atom stereocenters. The topological polar surface area (TPSA) is 62.7 Å². The highest BCUT2D eigenvalue weighted by atomic mass is 32.1. The largest absolute Gasteiger partial charge is 0.477 e. The molecule has 19 heavy (non-hydrogen) atoms. The van der Waals surface area contributed by atoms with Crippen molar-refractivity contribution in [1.29, 1.82) is 0 Å². The first kappa shape index (κ1) is 14.2. The van der Waals surface area contributed by atoms with Crippen LogP contribution in [0.25, 0.3) is 0 Å². The van der Waals surface area contributed by atoms with E-state index in [1.807, 2.05) is 11.9 Å². The van der Waals surface area contributed by atoms with Crippen LogP contribution in [0.4, 0.5) is 13.2 Å². The number of aromatic nitrogens is 1. The fourth-order valence-corrected chi connectivity index (χ4v) is 2.70. The van der Waals surface area contributed by atoms with E-state index in [1.54, 1.807) is 0 Å². The minimum absolute atomic E-state index is 0.0521. The number of carboxylic acids is 1. The fourth-order valence-electron chi connectivity index (χ4n) is 1.74. The van der Waals surface area contributed by atoms with Crippen molar-refractivity contribution >= 4 is 17.3 Å². The number of aromatic carboxylic acids is 1. The second-order valence-corrected chi connectivity index (χ2v) is 5.19. The van der Waals surface area contributed by atoms with Crippen LogP contribution >= 0.6 is 11.3 Å². The molecule has 1 aliphatic rings. The number of thiazole rings is 1. The van der Waals surface area contributed by atoms with Gasteiger partial charge in [-0.3, -0.25) is 0 Å². The van der Waals surface area contributed by atoms with Crippen LogP contribution in [-0.4, -0.2) is 47.7 Å².